The van der Waals surface area contributed by atoms with Gasteiger partial charge < -0.3 is 9.64 Å². The van der Waals surface area contributed by atoms with Gasteiger partial charge in [-0.1, -0.05) is 15.9 Å². The molecule has 84 valence electrons. The SMILES string of the molecule is CCN(CCCBr)c1ccnc(OC)c1. The molecule has 0 radical (unpaired) electrons. The smallest absolute Gasteiger partial charge is 0.214 e. The highest BCUT2D eigenvalue weighted by Gasteiger charge is 2.04. The van der Waals surface area contributed by atoms with Crippen molar-refractivity contribution < 1.29 is 4.74 Å². The summed E-state index contributed by atoms with van der Waals surface area (Å²) in [5, 5.41) is 1.03. The number of aromatic nitrogens is 1. The number of hydrogen-bond acceptors (Lipinski definition) is 3. The average molecular weight is 273 g/mol. The molecular weight excluding hydrogens is 256 g/mol. The molecule has 0 saturated carbocycles. The van der Waals surface area contributed by atoms with Crippen LogP contribution in [0.25, 0.3) is 0 Å². The van der Waals surface area contributed by atoms with Crippen LogP contribution >= 0.6 is 15.9 Å². The quantitative estimate of drug-likeness (QED) is 0.745. The summed E-state index contributed by atoms with van der Waals surface area (Å²) < 4.78 is 5.11. The van der Waals surface area contributed by atoms with Crippen LogP contribution in [0.5, 0.6) is 5.88 Å². The first kappa shape index (κ1) is 12.3. The molecule has 0 atom stereocenters. The molecule has 15 heavy (non-hydrogen) atoms. The van der Waals surface area contributed by atoms with Crippen molar-refractivity contribution >= 4 is 21.6 Å². The molecule has 0 fully saturated rings. The Morgan fingerprint density at radius 3 is 2.93 bits per heavy atom. The van der Waals surface area contributed by atoms with Gasteiger partial charge in [-0.05, 0) is 19.4 Å². The third-order valence-corrected chi connectivity index (χ3v) is 2.80. The van der Waals surface area contributed by atoms with Gasteiger partial charge in [0.1, 0.15) is 0 Å². The maximum atomic E-state index is 5.11. The zero-order chi connectivity index (χ0) is 11.1. The molecule has 0 unspecified atom stereocenters. The van der Waals surface area contributed by atoms with Gasteiger partial charge in [0.2, 0.25) is 5.88 Å². The number of rotatable bonds is 6. The number of methoxy groups -OCH3 is 1. The van der Waals surface area contributed by atoms with Crippen molar-refractivity contribution in [1.29, 1.82) is 0 Å². The van der Waals surface area contributed by atoms with E-state index in [2.05, 4.69) is 32.7 Å². The van der Waals surface area contributed by atoms with Gasteiger partial charge in [0.15, 0.2) is 0 Å². The van der Waals surface area contributed by atoms with Crippen molar-refractivity contribution in [2.24, 2.45) is 0 Å². The minimum atomic E-state index is 0.671. The van der Waals surface area contributed by atoms with Crippen LogP contribution in [0.3, 0.4) is 0 Å². The standard InChI is InChI=1S/C11H17BrN2O/c1-3-14(8-4-6-12)10-5-7-13-11(9-10)15-2/h5,7,9H,3-4,6,8H2,1-2H3. The molecule has 1 aromatic heterocycles. The Bertz CT molecular complexity index is 294. The summed E-state index contributed by atoms with van der Waals surface area (Å²) in [7, 11) is 1.64. The van der Waals surface area contributed by atoms with Gasteiger partial charge in [0, 0.05) is 36.4 Å². The summed E-state index contributed by atoms with van der Waals surface area (Å²) in [5.41, 5.74) is 1.17. The predicted octanol–water partition coefficient (Wildman–Crippen LogP) is 2.70. The van der Waals surface area contributed by atoms with E-state index in [1.807, 2.05) is 12.1 Å². The second kappa shape index (κ2) is 6.67. The minimum absolute atomic E-state index is 0.671. The van der Waals surface area contributed by atoms with Crippen LogP contribution in [0.15, 0.2) is 18.3 Å². The number of ether oxygens (including phenoxy) is 1. The van der Waals surface area contributed by atoms with Gasteiger partial charge >= 0.3 is 0 Å². The van der Waals surface area contributed by atoms with E-state index < -0.39 is 0 Å². The molecule has 0 spiro atoms. The van der Waals surface area contributed by atoms with Crippen LogP contribution in [0.2, 0.25) is 0 Å². The van der Waals surface area contributed by atoms with Crippen LogP contribution in [-0.2, 0) is 0 Å². The van der Waals surface area contributed by atoms with E-state index in [4.69, 9.17) is 4.74 Å². The van der Waals surface area contributed by atoms with Crippen molar-refractivity contribution in [3.8, 4) is 5.88 Å². The number of anilines is 1. The van der Waals surface area contributed by atoms with E-state index in [1.165, 1.54) is 5.69 Å². The second-order valence-electron chi connectivity index (χ2n) is 3.18. The number of hydrogen-bond donors (Lipinski definition) is 0. The summed E-state index contributed by atoms with van der Waals surface area (Å²) in [4.78, 5) is 6.41. The minimum Gasteiger partial charge on any atom is -0.481 e. The predicted molar refractivity (Wildman–Crippen MR) is 67.1 cm³/mol. The highest BCUT2D eigenvalue weighted by Crippen LogP contribution is 2.18. The fraction of sp³-hybridized carbons (Fsp3) is 0.545. The van der Waals surface area contributed by atoms with Gasteiger partial charge in [-0.25, -0.2) is 4.98 Å². The van der Waals surface area contributed by atoms with Crippen LogP contribution in [0.1, 0.15) is 13.3 Å². The Balaban J connectivity index is 2.72. The largest absolute Gasteiger partial charge is 0.481 e. The van der Waals surface area contributed by atoms with E-state index in [-0.39, 0.29) is 0 Å². The van der Waals surface area contributed by atoms with Crippen molar-refractivity contribution in [3.63, 3.8) is 0 Å². The van der Waals surface area contributed by atoms with Crippen molar-refractivity contribution in [2.45, 2.75) is 13.3 Å². The van der Waals surface area contributed by atoms with E-state index in [0.717, 1.165) is 24.8 Å². The summed E-state index contributed by atoms with van der Waals surface area (Å²) in [6.07, 6.45) is 2.92. The molecule has 0 saturated heterocycles. The van der Waals surface area contributed by atoms with Gasteiger partial charge in [0.25, 0.3) is 0 Å². The molecule has 0 aromatic carbocycles. The normalized spacial score (nSPS) is 10.1. The van der Waals surface area contributed by atoms with Crippen LogP contribution in [0.4, 0.5) is 5.69 Å². The van der Waals surface area contributed by atoms with Crippen LogP contribution in [0, 0.1) is 0 Å². The lowest BCUT2D eigenvalue weighted by atomic mass is 10.3. The van der Waals surface area contributed by atoms with Gasteiger partial charge in [-0.3, -0.25) is 0 Å². The number of alkyl halides is 1. The molecule has 4 heteroatoms. The molecule has 1 rings (SSSR count). The Morgan fingerprint density at radius 2 is 2.33 bits per heavy atom. The maximum absolute atomic E-state index is 5.11. The number of halogens is 1. The molecule has 0 aliphatic heterocycles. The van der Waals surface area contributed by atoms with Crippen molar-refractivity contribution in [2.75, 3.05) is 30.4 Å². The van der Waals surface area contributed by atoms with E-state index in [1.54, 1.807) is 13.3 Å². The summed E-state index contributed by atoms with van der Waals surface area (Å²) in [6.45, 7) is 4.20. The summed E-state index contributed by atoms with van der Waals surface area (Å²) in [6, 6.07) is 3.98. The first-order valence-electron chi connectivity index (χ1n) is 5.12. The number of pyridine rings is 1. The zero-order valence-corrected chi connectivity index (χ0v) is 10.8. The first-order valence-corrected chi connectivity index (χ1v) is 6.25. The van der Waals surface area contributed by atoms with Crippen LogP contribution < -0.4 is 9.64 Å². The third-order valence-electron chi connectivity index (χ3n) is 2.24. The molecule has 1 aromatic rings. The molecule has 1 heterocycles. The lowest BCUT2D eigenvalue weighted by Crippen LogP contribution is -2.24. The molecule has 3 nitrogen and oxygen atoms in total. The Kier molecular flexibility index (Phi) is 5.47. The Hall–Kier alpha value is -0.770. The lowest BCUT2D eigenvalue weighted by molar-refractivity contribution is 0.398. The summed E-state index contributed by atoms with van der Waals surface area (Å²) >= 11 is 3.44. The van der Waals surface area contributed by atoms with E-state index in [9.17, 15) is 0 Å². The van der Waals surface area contributed by atoms with E-state index in [0.29, 0.717) is 5.88 Å². The van der Waals surface area contributed by atoms with Crippen LogP contribution in [-0.4, -0.2) is 30.5 Å². The highest BCUT2D eigenvalue weighted by atomic mass is 79.9. The van der Waals surface area contributed by atoms with Gasteiger partial charge in [0.05, 0.1) is 7.11 Å². The molecule has 0 aliphatic rings. The third kappa shape index (κ3) is 3.70. The van der Waals surface area contributed by atoms with Gasteiger partial charge in [-0.15, -0.1) is 0 Å². The topological polar surface area (TPSA) is 25.4 Å². The van der Waals surface area contributed by atoms with E-state index >= 15 is 0 Å². The fourth-order valence-electron chi connectivity index (χ4n) is 1.43. The number of nitrogens with zero attached hydrogens (tertiary/aromatic N) is 2. The fourth-order valence-corrected chi connectivity index (χ4v) is 1.68. The average Bonchev–Trinajstić information content (AvgIpc) is 2.30. The lowest BCUT2D eigenvalue weighted by Gasteiger charge is -2.22. The molecular formula is C11H17BrN2O. The zero-order valence-electron chi connectivity index (χ0n) is 9.24. The first-order chi connectivity index (χ1) is 7.31. The molecule has 0 N–H and O–H groups in total. The van der Waals surface area contributed by atoms with Crippen molar-refractivity contribution in [3.05, 3.63) is 18.3 Å². The Morgan fingerprint density at radius 1 is 1.53 bits per heavy atom. The summed E-state index contributed by atoms with van der Waals surface area (Å²) in [5.74, 6) is 0.671. The van der Waals surface area contributed by atoms with Gasteiger partial charge in [-0.2, -0.15) is 0 Å². The molecule has 0 bridgehead atoms. The second-order valence-corrected chi connectivity index (χ2v) is 3.97. The van der Waals surface area contributed by atoms with Crippen molar-refractivity contribution in [1.82, 2.24) is 4.98 Å². The monoisotopic (exact) mass is 272 g/mol. The maximum Gasteiger partial charge on any atom is 0.214 e. The Labute approximate surface area is 99.6 Å². The molecule has 0 aliphatic carbocycles. The molecule has 0 amide bonds. The highest BCUT2D eigenvalue weighted by molar-refractivity contribution is 9.09.